The summed E-state index contributed by atoms with van der Waals surface area (Å²) in [4.78, 5) is 30.7. The molecular weight excluding hydrogens is 446 g/mol. The SMILES string of the molecule is COc1ccc(CCNC(=O)CSc2nc3ccccc3c(=O)n2-c2cc(C)ccc2C)cc1. The zero-order chi connectivity index (χ0) is 24.1. The highest BCUT2D eigenvalue weighted by molar-refractivity contribution is 7.99. The number of amides is 1. The molecule has 174 valence electrons. The van der Waals surface area contributed by atoms with Crippen molar-refractivity contribution in [2.45, 2.75) is 25.4 Å². The molecule has 4 aromatic rings. The van der Waals surface area contributed by atoms with Crippen LogP contribution in [0.3, 0.4) is 0 Å². The Morgan fingerprint density at radius 3 is 2.59 bits per heavy atom. The minimum Gasteiger partial charge on any atom is -0.497 e. The van der Waals surface area contributed by atoms with Gasteiger partial charge in [0.25, 0.3) is 5.56 Å². The third-order valence-electron chi connectivity index (χ3n) is 5.58. The van der Waals surface area contributed by atoms with Gasteiger partial charge in [-0.15, -0.1) is 0 Å². The molecule has 0 atom stereocenters. The first-order valence-corrected chi connectivity index (χ1v) is 12.1. The van der Waals surface area contributed by atoms with Crippen molar-refractivity contribution in [3.8, 4) is 11.4 Å². The number of methoxy groups -OCH3 is 1. The predicted molar refractivity (Wildman–Crippen MR) is 137 cm³/mol. The first-order valence-electron chi connectivity index (χ1n) is 11.1. The molecule has 0 saturated carbocycles. The van der Waals surface area contributed by atoms with Crippen molar-refractivity contribution >= 4 is 28.6 Å². The van der Waals surface area contributed by atoms with Gasteiger partial charge < -0.3 is 10.1 Å². The van der Waals surface area contributed by atoms with Gasteiger partial charge in [-0.3, -0.25) is 14.2 Å². The van der Waals surface area contributed by atoms with Crippen molar-refractivity contribution in [1.29, 1.82) is 0 Å². The Labute approximate surface area is 203 Å². The molecule has 0 radical (unpaired) electrons. The van der Waals surface area contributed by atoms with E-state index in [1.807, 2.05) is 74.5 Å². The van der Waals surface area contributed by atoms with Crippen molar-refractivity contribution in [2.75, 3.05) is 19.4 Å². The number of thioether (sulfide) groups is 1. The van der Waals surface area contributed by atoms with Gasteiger partial charge in [-0.05, 0) is 67.3 Å². The summed E-state index contributed by atoms with van der Waals surface area (Å²) in [6, 6.07) is 21.1. The molecule has 34 heavy (non-hydrogen) atoms. The molecule has 0 fully saturated rings. The van der Waals surface area contributed by atoms with Crippen molar-refractivity contribution in [3.63, 3.8) is 0 Å². The summed E-state index contributed by atoms with van der Waals surface area (Å²) in [6.07, 6.45) is 0.724. The lowest BCUT2D eigenvalue weighted by Gasteiger charge is -2.15. The number of aryl methyl sites for hydroxylation is 2. The molecule has 0 spiro atoms. The van der Waals surface area contributed by atoms with Gasteiger partial charge in [0.2, 0.25) is 5.91 Å². The summed E-state index contributed by atoms with van der Waals surface area (Å²) in [6.45, 7) is 4.49. The molecule has 0 saturated heterocycles. The van der Waals surface area contributed by atoms with Gasteiger partial charge in [0.1, 0.15) is 5.75 Å². The standard InChI is InChI=1S/C27H27N3O3S/c1-18-8-9-19(2)24(16-18)30-26(32)22-6-4-5-7-23(22)29-27(30)34-17-25(31)28-15-14-20-10-12-21(33-3)13-11-20/h4-13,16H,14-15,17H2,1-3H3,(H,28,31). The van der Waals surface area contributed by atoms with Crippen LogP contribution in [0.1, 0.15) is 16.7 Å². The summed E-state index contributed by atoms with van der Waals surface area (Å²) in [5.41, 5.74) is 4.40. The molecule has 4 rings (SSSR count). The van der Waals surface area contributed by atoms with Gasteiger partial charge in [0, 0.05) is 6.54 Å². The third kappa shape index (κ3) is 5.31. The second-order valence-electron chi connectivity index (χ2n) is 8.08. The average Bonchev–Trinajstić information content (AvgIpc) is 2.85. The highest BCUT2D eigenvalue weighted by Crippen LogP contribution is 2.24. The minimum absolute atomic E-state index is 0.103. The van der Waals surface area contributed by atoms with Crippen molar-refractivity contribution in [1.82, 2.24) is 14.9 Å². The summed E-state index contributed by atoms with van der Waals surface area (Å²) in [5.74, 6) is 0.869. The summed E-state index contributed by atoms with van der Waals surface area (Å²) < 4.78 is 6.80. The Kier molecular flexibility index (Phi) is 7.33. The molecule has 0 aliphatic carbocycles. The van der Waals surface area contributed by atoms with E-state index >= 15 is 0 Å². The maximum atomic E-state index is 13.4. The number of carbonyl (C=O) groups excluding carboxylic acids is 1. The zero-order valence-corrected chi connectivity index (χ0v) is 20.3. The van der Waals surface area contributed by atoms with E-state index in [9.17, 15) is 9.59 Å². The Morgan fingerprint density at radius 1 is 1.06 bits per heavy atom. The van der Waals surface area contributed by atoms with Crippen molar-refractivity contribution in [2.24, 2.45) is 0 Å². The van der Waals surface area contributed by atoms with E-state index in [2.05, 4.69) is 5.32 Å². The first kappa shape index (κ1) is 23.6. The highest BCUT2D eigenvalue weighted by Gasteiger charge is 2.16. The maximum Gasteiger partial charge on any atom is 0.266 e. The van der Waals surface area contributed by atoms with E-state index in [1.54, 1.807) is 17.7 Å². The molecule has 1 amide bonds. The topological polar surface area (TPSA) is 73.2 Å². The number of carbonyl (C=O) groups is 1. The fourth-order valence-corrected chi connectivity index (χ4v) is 4.54. The number of hydrogen-bond donors (Lipinski definition) is 1. The number of nitrogens with zero attached hydrogens (tertiary/aromatic N) is 2. The van der Waals surface area contributed by atoms with Crippen LogP contribution in [0.5, 0.6) is 5.75 Å². The van der Waals surface area contributed by atoms with Gasteiger partial charge in [0.05, 0.1) is 29.5 Å². The smallest absolute Gasteiger partial charge is 0.266 e. The van der Waals surface area contributed by atoms with Gasteiger partial charge >= 0.3 is 0 Å². The van der Waals surface area contributed by atoms with Gasteiger partial charge in [-0.1, -0.05) is 48.2 Å². The number of aromatic nitrogens is 2. The number of ether oxygens (including phenoxy) is 1. The van der Waals surface area contributed by atoms with Crippen LogP contribution in [0.4, 0.5) is 0 Å². The summed E-state index contributed by atoms with van der Waals surface area (Å²) >= 11 is 1.27. The number of rotatable bonds is 8. The summed E-state index contributed by atoms with van der Waals surface area (Å²) in [5, 5.41) is 4.01. The van der Waals surface area contributed by atoms with E-state index in [1.165, 1.54) is 11.8 Å². The highest BCUT2D eigenvalue weighted by atomic mass is 32.2. The summed E-state index contributed by atoms with van der Waals surface area (Å²) in [7, 11) is 1.64. The van der Waals surface area contributed by atoms with Crippen LogP contribution in [0.25, 0.3) is 16.6 Å². The Morgan fingerprint density at radius 2 is 1.82 bits per heavy atom. The molecule has 0 aliphatic heterocycles. The van der Waals surface area contributed by atoms with E-state index < -0.39 is 0 Å². The molecule has 1 N–H and O–H groups in total. The fraction of sp³-hybridized carbons (Fsp3) is 0.222. The maximum absolute atomic E-state index is 13.4. The van der Waals surface area contributed by atoms with Gasteiger partial charge in [-0.2, -0.15) is 0 Å². The van der Waals surface area contributed by atoms with Crippen LogP contribution < -0.4 is 15.6 Å². The molecule has 6 nitrogen and oxygen atoms in total. The molecule has 7 heteroatoms. The van der Waals surface area contributed by atoms with Crippen LogP contribution in [0.15, 0.2) is 76.7 Å². The second kappa shape index (κ2) is 10.6. The molecule has 1 aromatic heterocycles. The normalized spacial score (nSPS) is 10.9. The Balaban J connectivity index is 1.52. The molecule has 0 aliphatic rings. The van der Waals surface area contributed by atoms with Gasteiger partial charge in [-0.25, -0.2) is 4.98 Å². The van der Waals surface area contributed by atoms with E-state index in [-0.39, 0.29) is 17.2 Å². The first-order chi connectivity index (χ1) is 16.5. The van der Waals surface area contributed by atoms with Crippen LogP contribution in [-0.2, 0) is 11.2 Å². The lowest BCUT2D eigenvalue weighted by atomic mass is 10.1. The molecule has 0 unspecified atom stereocenters. The van der Waals surface area contributed by atoms with Crippen LogP contribution >= 0.6 is 11.8 Å². The van der Waals surface area contributed by atoms with Crippen LogP contribution in [0.2, 0.25) is 0 Å². The number of para-hydroxylation sites is 1. The number of benzene rings is 3. The Bertz CT molecular complexity index is 1380. The van der Waals surface area contributed by atoms with Gasteiger partial charge in [0.15, 0.2) is 5.16 Å². The molecule has 0 bridgehead atoms. The fourth-order valence-electron chi connectivity index (χ4n) is 3.70. The minimum atomic E-state index is -0.137. The Hall–Kier alpha value is -3.58. The lowest BCUT2D eigenvalue weighted by molar-refractivity contribution is -0.118. The quantitative estimate of drug-likeness (QED) is 0.302. The second-order valence-corrected chi connectivity index (χ2v) is 9.02. The van der Waals surface area contributed by atoms with E-state index in [4.69, 9.17) is 9.72 Å². The van der Waals surface area contributed by atoms with Crippen LogP contribution in [0, 0.1) is 13.8 Å². The lowest BCUT2D eigenvalue weighted by Crippen LogP contribution is -2.28. The number of fused-ring (bicyclic) bond motifs is 1. The average molecular weight is 474 g/mol. The van der Waals surface area contributed by atoms with Crippen molar-refractivity contribution in [3.05, 3.63) is 93.8 Å². The number of nitrogens with one attached hydrogen (secondary N) is 1. The van der Waals surface area contributed by atoms with E-state index in [0.29, 0.717) is 22.6 Å². The van der Waals surface area contributed by atoms with Crippen molar-refractivity contribution < 1.29 is 9.53 Å². The monoisotopic (exact) mass is 473 g/mol. The molecule has 1 heterocycles. The van der Waals surface area contributed by atoms with E-state index in [0.717, 1.165) is 34.5 Å². The zero-order valence-electron chi connectivity index (χ0n) is 19.5. The predicted octanol–water partition coefficient (Wildman–Crippen LogP) is 4.46. The number of hydrogen-bond acceptors (Lipinski definition) is 5. The molecule has 3 aromatic carbocycles. The largest absolute Gasteiger partial charge is 0.497 e. The molecular formula is C27H27N3O3S. The third-order valence-corrected chi connectivity index (χ3v) is 6.52. The van der Waals surface area contributed by atoms with Crippen LogP contribution in [-0.4, -0.2) is 34.9 Å².